The smallest absolute Gasteiger partial charge is 0.336 e. The van der Waals surface area contributed by atoms with Crippen LogP contribution in [-0.2, 0) is 0 Å². The van der Waals surface area contributed by atoms with Gasteiger partial charge in [0.1, 0.15) is 0 Å². The summed E-state index contributed by atoms with van der Waals surface area (Å²) in [5.41, 5.74) is -0.287. The van der Waals surface area contributed by atoms with Gasteiger partial charge in [-0.15, -0.1) is 0 Å². The summed E-state index contributed by atoms with van der Waals surface area (Å²) in [4.78, 5) is 20.7. The molecule has 1 rings (SSSR count). The van der Waals surface area contributed by atoms with Gasteiger partial charge in [0.2, 0.25) is 0 Å². The van der Waals surface area contributed by atoms with Crippen molar-refractivity contribution in [3.05, 3.63) is 35.4 Å². The van der Waals surface area contributed by atoms with Crippen molar-refractivity contribution in [3.63, 3.8) is 0 Å². The van der Waals surface area contributed by atoms with E-state index in [9.17, 15) is 9.59 Å². The highest BCUT2D eigenvalue weighted by Crippen LogP contribution is 2.03. The van der Waals surface area contributed by atoms with Gasteiger partial charge in [0.15, 0.2) is 0 Å². The SMILES string of the molecule is O=C(O)c1[c]c(C(=O)O)ccc1. The van der Waals surface area contributed by atoms with Gasteiger partial charge < -0.3 is 10.2 Å². The molecule has 0 spiro atoms. The molecule has 0 saturated carbocycles. The van der Waals surface area contributed by atoms with Crippen molar-refractivity contribution in [1.29, 1.82) is 0 Å². The quantitative estimate of drug-likeness (QED) is 0.682. The zero-order chi connectivity index (χ0) is 9.14. The minimum atomic E-state index is -1.18. The Kier molecular flexibility index (Phi) is 2.09. The van der Waals surface area contributed by atoms with Crippen molar-refractivity contribution in [1.82, 2.24) is 0 Å². The number of hydrogen-bond donors (Lipinski definition) is 2. The lowest BCUT2D eigenvalue weighted by atomic mass is 10.1. The molecule has 0 atom stereocenters. The molecule has 0 fully saturated rings. The average molecular weight is 165 g/mol. The number of hydrogen-bond acceptors (Lipinski definition) is 2. The van der Waals surface area contributed by atoms with Crippen LogP contribution in [0.1, 0.15) is 20.7 Å². The van der Waals surface area contributed by atoms with E-state index in [4.69, 9.17) is 10.2 Å². The van der Waals surface area contributed by atoms with E-state index >= 15 is 0 Å². The van der Waals surface area contributed by atoms with Crippen LogP contribution in [0.4, 0.5) is 0 Å². The summed E-state index contributed by atoms with van der Waals surface area (Å²) in [6, 6.07) is 6.18. The summed E-state index contributed by atoms with van der Waals surface area (Å²) in [5.74, 6) is -2.36. The Bertz CT molecular complexity index is 300. The molecule has 12 heavy (non-hydrogen) atoms. The Morgan fingerprint density at radius 3 is 1.83 bits per heavy atom. The predicted molar refractivity (Wildman–Crippen MR) is 39.2 cm³/mol. The molecule has 0 amide bonds. The van der Waals surface area contributed by atoms with Crippen LogP contribution in [0, 0.1) is 6.07 Å². The second-order valence-corrected chi connectivity index (χ2v) is 2.09. The molecule has 1 aromatic rings. The normalized spacial score (nSPS) is 9.33. The Morgan fingerprint density at radius 1 is 1.08 bits per heavy atom. The average Bonchev–Trinajstić information content (AvgIpc) is 2.04. The molecule has 0 aromatic heterocycles. The van der Waals surface area contributed by atoms with Gasteiger partial charge >= 0.3 is 11.9 Å². The van der Waals surface area contributed by atoms with Crippen molar-refractivity contribution >= 4 is 11.9 Å². The zero-order valence-electron chi connectivity index (χ0n) is 5.94. The van der Waals surface area contributed by atoms with Crippen molar-refractivity contribution in [3.8, 4) is 0 Å². The highest BCUT2D eigenvalue weighted by atomic mass is 16.4. The zero-order valence-corrected chi connectivity index (χ0v) is 5.94. The fourth-order valence-corrected chi connectivity index (χ4v) is 0.718. The van der Waals surface area contributed by atoms with Crippen LogP contribution >= 0.6 is 0 Å². The molecule has 0 heterocycles. The standard InChI is InChI=1S/C8H5O4/c9-7(10)5-2-1-3-6(4-5)8(11)12/h1-3H,(H,9,10)(H,11,12). The molecule has 1 radical (unpaired) electrons. The van der Waals surface area contributed by atoms with Crippen LogP contribution in [0.5, 0.6) is 0 Å². The molecule has 1 aromatic carbocycles. The first kappa shape index (κ1) is 8.26. The Morgan fingerprint density at radius 2 is 1.50 bits per heavy atom. The minimum Gasteiger partial charge on any atom is -0.478 e. The van der Waals surface area contributed by atoms with Gasteiger partial charge in [0.25, 0.3) is 0 Å². The molecule has 0 aliphatic rings. The number of carbonyl (C=O) groups is 2. The van der Waals surface area contributed by atoms with Gasteiger partial charge in [-0.25, -0.2) is 9.59 Å². The molecule has 2 N–H and O–H groups in total. The van der Waals surface area contributed by atoms with Crippen molar-refractivity contribution in [2.45, 2.75) is 0 Å². The number of carboxylic acids is 2. The minimum absolute atomic E-state index is 0.144. The van der Waals surface area contributed by atoms with E-state index in [1.54, 1.807) is 0 Å². The summed E-state index contributed by atoms with van der Waals surface area (Å²) >= 11 is 0. The Hall–Kier alpha value is -1.84. The third-order valence-electron chi connectivity index (χ3n) is 1.26. The molecule has 61 valence electrons. The van der Waals surface area contributed by atoms with Gasteiger partial charge in [-0.1, -0.05) is 6.07 Å². The van der Waals surface area contributed by atoms with Crippen LogP contribution in [0.3, 0.4) is 0 Å². The van der Waals surface area contributed by atoms with Crippen molar-refractivity contribution in [2.24, 2.45) is 0 Å². The van der Waals surface area contributed by atoms with Crippen LogP contribution in [0.15, 0.2) is 18.2 Å². The number of carboxylic acid groups (broad SMARTS) is 2. The van der Waals surface area contributed by atoms with Crippen molar-refractivity contribution < 1.29 is 19.8 Å². The lowest BCUT2D eigenvalue weighted by Gasteiger charge is -1.94. The molecule has 0 saturated heterocycles. The van der Waals surface area contributed by atoms with Gasteiger partial charge in [0, 0.05) is 6.07 Å². The van der Waals surface area contributed by atoms with E-state index < -0.39 is 11.9 Å². The topological polar surface area (TPSA) is 74.6 Å². The first-order valence-corrected chi connectivity index (χ1v) is 3.10. The molecule has 0 aliphatic heterocycles. The van der Waals surface area contributed by atoms with E-state index in [1.807, 2.05) is 0 Å². The summed E-state index contributed by atoms with van der Waals surface area (Å²) in [5, 5.41) is 16.9. The predicted octanol–water partition coefficient (Wildman–Crippen LogP) is 0.883. The van der Waals surface area contributed by atoms with E-state index in [0.29, 0.717) is 0 Å². The maximum Gasteiger partial charge on any atom is 0.336 e. The largest absolute Gasteiger partial charge is 0.478 e. The van der Waals surface area contributed by atoms with Crippen molar-refractivity contribution in [2.75, 3.05) is 0 Å². The first-order valence-electron chi connectivity index (χ1n) is 3.10. The van der Waals surface area contributed by atoms with Gasteiger partial charge in [-0.2, -0.15) is 0 Å². The molecule has 0 unspecified atom stereocenters. The second-order valence-electron chi connectivity index (χ2n) is 2.09. The number of rotatable bonds is 2. The number of benzene rings is 1. The maximum absolute atomic E-state index is 10.4. The van der Waals surface area contributed by atoms with Gasteiger partial charge in [-0.3, -0.25) is 0 Å². The van der Waals surface area contributed by atoms with Crippen LogP contribution < -0.4 is 0 Å². The molecule has 0 bridgehead atoms. The van der Waals surface area contributed by atoms with Gasteiger partial charge in [0.05, 0.1) is 11.1 Å². The fourth-order valence-electron chi connectivity index (χ4n) is 0.718. The Balaban J connectivity index is 3.12. The monoisotopic (exact) mass is 165 g/mol. The van der Waals surface area contributed by atoms with E-state index in [2.05, 4.69) is 6.07 Å². The lowest BCUT2D eigenvalue weighted by molar-refractivity contribution is 0.0696. The summed E-state index contributed by atoms with van der Waals surface area (Å²) in [6.45, 7) is 0. The molecular weight excluding hydrogens is 160 g/mol. The number of aromatic carboxylic acids is 2. The first-order chi connectivity index (χ1) is 5.61. The Labute approximate surface area is 68.1 Å². The third kappa shape index (κ3) is 1.60. The lowest BCUT2D eigenvalue weighted by Crippen LogP contribution is -2.01. The highest BCUT2D eigenvalue weighted by Gasteiger charge is 2.07. The fraction of sp³-hybridized carbons (Fsp3) is 0. The second kappa shape index (κ2) is 3.04. The maximum atomic E-state index is 10.4. The molecular formula is C8H5O4. The summed E-state index contributed by atoms with van der Waals surface area (Å²) in [7, 11) is 0. The van der Waals surface area contributed by atoms with E-state index in [1.165, 1.54) is 18.2 Å². The summed E-state index contributed by atoms with van der Waals surface area (Å²) in [6.07, 6.45) is 0. The van der Waals surface area contributed by atoms with E-state index in [0.717, 1.165) is 0 Å². The van der Waals surface area contributed by atoms with E-state index in [-0.39, 0.29) is 11.1 Å². The van der Waals surface area contributed by atoms with Crippen LogP contribution in [-0.4, -0.2) is 22.2 Å². The van der Waals surface area contributed by atoms with Crippen LogP contribution in [0.2, 0.25) is 0 Å². The molecule has 4 nitrogen and oxygen atoms in total. The molecule has 0 aliphatic carbocycles. The summed E-state index contributed by atoms with van der Waals surface area (Å²) < 4.78 is 0. The third-order valence-corrected chi connectivity index (χ3v) is 1.26. The highest BCUT2D eigenvalue weighted by molar-refractivity contribution is 5.93. The molecule has 4 heteroatoms. The van der Waals surface area contributed by atoms with Gasteiger partial charge in [-0.05, 0) is 12.1 Å². The van der Waals surface area contributed by atoms with Crippen LogP contribution in [0.25, 0.3) is 0 Å².